The number of anilines is 1. The van der Waals surface area contributed by atoms with Crippen molar-refractivity contribution in [3.8, 4) is 5.75 Å². The smallest absolute Gasteiger partial charge is 0.334 e. The summed E-state index contributed by atoms with van der Waals surface area (Å²) in [6.07, 6.45) is 0.593. The summed E-state index contributed by atoms with van der Waals surface area (Å²) in [6.45, 7) is 14.8. The standard InChI is InChI=1S/C40H50FN9O4/c1-4-15-48-27-38(52)49-35(20-30-13-14-33(51)21-34(30)41)39(53)47(26-37(49)50(48)40(54)42-22-29-9-6-5-7-10-29)23-31-11-8-12-36(43-31)46-24-32(25-46)45-18-16-44(17-19-45)28(2)3/h4-14,21,28,32,35,37,51H,1,15-20,22-27H2,2-3H3,(H,42,54)/t35-,37-/m0/s1. The van der Waals surface area contributed by atoms with Gasteiger partial charge in [-0.15, -0.1) is 6.58 Å². The number of pyridine rings is 1. The molecule has 4 aliphatic rings. The molecule has 54 heavy (non-hydrogen) atoms. The van der Waals surface area contributed by atoms with E-state index >= 15 is 4.39 Å². The number of phenols is 1. The average Bonchev–Trinajstić information content (AvgIpc) is 3.13. The molecule has 0 aliphatic carbocycles. The van der Waals surface area contributed by atoms with E-state index in [0.717, 1.165) is 56.7 Å². The van der Waals surface area contributed by atoms with Gasteiger partial charge in [0.2, 0.25) is 11.8 Å². The summed E-state index contributed by atoms with van der Waals surface area (Å²) >= 11 is 0. The Bertz CT molecular complexity index is 1830. The number of amides is 4. The minimum Gasteiger partial charge on any atom is -0.508 e. The van der Waals surface area contributed by atoms with Gasteiger partial charge in [-0.3, -0.25) is 19.4 Å². The van der Waals surface area contributed by atoms with E-state index in [-0.39, 0.29) is 62.3 Å². The quantitative estimate of drug-likeness (QED) is 0.287. The zero-order chi connectivity index (χ0) is 37.9. The second-order valence-corrected chi connectivity index (χ2v) is 14.8. The topological polar surface area (TPSA) is 119 Å². The summed E-state index contributed by atoms with van der Waals surface area (Å²) in [4.78, 5) is 57.8. The van der Waals surface area contributed by atoms with Crippen molar-refractivity contribution in [2.75, 3.05) is 63.8 Å². The van der Waals surface area contributed by atoms with Crippen molar-refractivity contribution >= 4 is 23.7 Å². The fraction of sp³-hybridized carbons (Fsp3) is 0.450. The Morgan fingerprint density at radius 3 is 2.48 bits per heavy atom. The molecule has 0 saturated carbocycles. The van der Waals surface area contributed by atoms with Crippen LogP contribution in [-0.2, 0) is 29.1 Å². The van der Waals surface area contributed by atoms with Gasteiger partial charge in [-0.05, 0) is 43.2 Å². The second kappa shape index (κ2) is 16.1. The van der Waals surface area contributed by atoms with Crippen molar-refractivity contribution in [2.24, 2.45) is 0 Å². The highest BCUT2D eigenvalue weighted by Gasteiger charge is 2.51. The van der Waals surface area contributed by atoms with Crippen molar-refractivity contribution in [1.82, 2.24) is 39.9 Å². The summed E-state index contributed by atoms with van der Waals surface area (Å²) in [5, 5.41) is 16.0. The van der Waals surface area contributed by atoms with Gasteiger partial charge in [0.15, 0.2) is 0 Å². The molecule has 0 spiro atoms. The molecule has 4 amide bonds. The first-order valence-electron chi connectivity index (χ1n) is 18.8. The fourth-order valence-corrected chi connectivity index (χ4v) is 8.03. The van der Waals surface area contributed by atoms with Gasteiger partial charge in [0, 0.05) is 76.9 Å². The molecule has 1 aromatic heterocycles. The maximum absolute atomic E-state index is 15.2. The largest absolute Gasteiger partial charge is 0.508 e. The third-order valence-electron chi connectivity index (χ3n) is 11.0. The molecule has 0 unspecified atom stereocenters. The monoisotopic (exact) mass is 739 g/mol. The minimum atomic E-state index is -1.11. The van der Waals surface area contributed by atoms with Crippen molar-refractivity contribution < 1.29 is 23.9 Å². The Hall–Kier alpha value is -5.05. The number of benzene rings is 2. The van der Waals surface area contributed by atoms with Gasteiger partial charge >= 0.3 is 6.03 Å². The van der Waals surface area contributed by atoms with Crippen LogP contribution >= 0.6 is 0 Å². The number of hydrazine groups is 1. The molecule has 2 N–H and O–H groups in total. The normalized spacial score (nSPS) is 21.7. The molecule has 7 rings (SSSR count). The number of urea groups is 1. The first-order valence-corrected chi connectivity index (χ1v) is 18.8. The van der Waals surface area contributed by atoms with E-state index in [0.29, 0.717) is 17.8 Å². The Morgan fingerprint density at radius 2 is 1.78 bits per heavy atom. The van der Waals surface area contributed by atoms with Crippen LogP contribution in [0.15, 0.2) is 79.4 Å². The van der Waals surface area contributed by atoms with Crippen LogP contribution in [0.3, 0.4) is 0 Å². The maximum atomic E-state index is 15.2. The number of aromatic hydroxyl groups is 1. The number of nitrogens with one attached hydrogen (secondary N) is 1. The number of halogens is 1. The molecule has 2 atom stereocenters. The summed E-state index contributed by atoms with van der Waals surface area (Å²) in [7, 11) is 0. The van der Waals surface area contributed by atoms with E-state index in [1.165, 1.54) is 22.0 Å². The SMILES string of the molecule is C=CCN1CC(=O)N2[C@@H](Cc3ccc(O)cc3F)C(=O)N(Cc3cccc(N4CC(N5CCN(C(C)C)CC5)C4)n3)C[C@@H]2N1C(=O)NCc1ccccc1. The van der Waals surface area contributed by atoms with E-state index in [1.807, 2.05) is 48.5 Å². The highest BCUT2D eigenvalue weighted by Crippen LogP contribution is 2.31. The molecule has 0 bridgehead atoms. The zero-order valence-electron chi connectivity index (χ0n) is 31.1. The molecule has 5 heterocycles. The molecular formula is C40H50FN9O4. The summed E-state index contributed by atoms with van der Waals surface area (Å²) < 4.78 is 15.2. The fourth-order valence-electron chi connectivity index (χ4n) is 8.03. The summed E-state index contributed by atoms with van der Waals surface area (Å²) in [6, 6.07) is 18.6. The number of fused-ring (bicyclic) bond motifs is 1. The van der Waals surface area contributed by atoms with Gasteiger partial charge in [-0.25, -0.2) is 24.2 Å². The van der Waals surface area contributed by atoms with E-state index in [9.17, 15) is 19.5 Å². The van der Waals surface area contributed by atoms with E-state index < -0.39 is 24.1 Å². The van der Waals surface area contributed by atoms with Gasteiger partial charge in [0.25, 0.3) is 0 Å². The third kappa shape index (κ3) is 7.91. The Labute approximate surface area is 316 Å². The molecule has 4 aliphatic heterocycles. The molecule has 286 valence electrons. The van der Waals surface area contributed by atoms with Gasteiger partial charge in [0.05, 0.1) is 25.3 Å². The van der Waals surface area contributed by atoms with Crippen LogP contribution in [-0.4, -0.2) is 141 Å². The summed E-state index contributed by atoms with van der Waals surface area (Å²) in [5.41, 5.74) is 1.75. The highest BCUT2D eigenvalue weighted by molar-refractivity contribution is 5.91. The molecule has 3 aromatic rings. The molecule has 13 nitrogen and oxygen atoms in total. The number of hydrogen-bond donors (Lipinski definition) is 2. The lowest BCUT2D eigenvalue weighted by molar-refractivity contribution is -0.189. The van der Waals surface area contributed by atoms with Crippen molar-refractivity contribution in [3.63, 3.8) is 0 Å². The number of rotatable bonds is 11. The Balaban J connectivity index is 1.13. The lowest BCUT2D eigenvalue weighted by Gasteiger charge is -2.55. The molecule has 2 aromatic carbocycles. The lowest BCUT2D eigenvalue weighted by atomic mass is 9.98. The van der Waals surface area contributed by atoms with Crippen LogP contribution in [0, 0.1) is 5.82 Å². The second-order valence-electron chi connectivity index (χ2n) is 14.8. The molecule has 0 radical (unpaired) electrons. The van der Waals surface area contributed by atoms with E-state index in [2.05, 4.69) is 40.4 Å². The van der Waals surface area contributed by atoms with Gasteiger partial charge in [-0.2, -0.15) is 0 Å². The van der Waals surface area contributed by atoms with Gasteiger partial charge in [0.1, 0.15) is 29.6 Å². The number of phenolic OH excluding ortho intramolecular Hbond substituents is 1. The Kier molecular flexibility index (Phi) is 11.1. The van der Waals surface area contributed by atoms with Crippen molar-refractivity contribution in [2.45, 2.75) is 57.6 Å². The first-order chi connectivity index (χ1) is 26.1. The predicted molar refractivity (Wildman–Crippen MR) is 202 cm³/mol. The van der Waals surface area contributed by atoms with Crippen molar-refractivity contribution in [1.29, 1.82) is 0 Å². The Morgan fingerprint density at radius 1 is 1.02 bits per heavy atom. The number of nitrogens with zero attached hydrogens (tertiary/aromatic N) is 8. The number of hydrogen-bond acceptors (Lipinski definition) is 9. The van der Waals surface area contributed by atoms with Crippen LogP contribution < -0.4 is 10.2 Å². The lowest BCUT2D eigenvalue weighted by Crippen LogP contribution is -2.76. The number of carbonyl (C=O) groups excluding carboxylic acids is 3. The van der Waals surface area contributed by atoms with Crippen LogP contribution in [0.25, 0.3) is 0 Å². The highest BCUT2D eigenvalue weighted by atomic mass is 19.1. The number of piperazine rings is 2. The molecule has 4 fully saturated rings. The molecule has 4 saturated heterocycles. The molecule has 14 heteroatoms. The molecular weight excluding hydrogens is 689 g/mol. The van der Waals surface area contributed by atoms with Crippen LogP contribution in [0.4, 0.5) is 15.0 Å². The number of carbonyl (C=O) groups is 3. The average molecular weight is 740 g/mol. The van der Waals surface area contributed by atoms with Crippen LogP contribution in [0.1, 0.15) is 30.7 Å². The van der Waals surface area contributed by atoms with E-state index in [1.54, 1.807) is 16.0 Å². The third-order valence-corrected chi connectivity index (χ3v) is 11.0. The maximum Gasteiger partial charge on any atom is 0.334 e. The number of aromatic nitrogens is 1. The summed E-state index contributed by atoms with van der Waals surface area (Å²) in [5.74, 6) is -0.815. The van der Waals surface area contributed by atoms with Crippen LogP contribution in [0.5, 0.6) is 5.75 Å². The van der Waals surface area contributed by atoms with Crippen LogP contribution in [0.2, 0.25) is 0 Å². The minimum absolute atomic E-state index is 0.0194. The van der Waals surface area contributed by atoms with E-state index in [4.69, 9.17) is 4.98 Å². The zero-order valence-corrected chi connectivity index (χ0v) is 31.1. The first kappa shape index (κ1) is 37.3. The van der Waals surface area contributed by atoms with Gasteiger partial charge in [-0.1, -0.05) is 48.5 Å². The predicted octanol–water partition coefficient (Wildman–Crippen LogP) is 2.88. The van der Waals surface area contributed by atoms with Crippen molar-refractivity contribution in [3.05, 3.63) is 102 Å². The van der Waals surface area contributed by atoms with Gasteiger partial charge < -0.3 is 25.1 Å².